The minimum atomic E-state index is -0.711. The molecule has 0 radical (unpaired) electrons. The van der Waals surface area contributed by atoms with E-state index in [0.717, 1.165) is 6.54 Å². The van der Waals surface area contributed by atoms with E-state index in [1.54, 1.807) is 7.11 Å². The summed E-state index contributed by atoms with van der Waals surface area (Å²) in [4.78, 5) is 0. The lowest BCUT2D eigenvalue weighted by Crippen LogP contribution is -2.40. The van der Waals surface area contributed by atoms with Crippen LogP contribution >= 0.6 is 0 Å². The maximum absolute atomic E-state index is 9.92. The summed E-state index contributed by atoms with van der Waals surface area (Å²) in [6, 6.07) is 0. The van der Waals surface area contributed by atoms with Gasteiger partial charge in [-0.2, -0.15) is 0 Å². The predicted molar refractivity (Wildman–Crippen MR) is 65.7 cm³/mol. The van der Waals surface area contributed by atoms with Gasteiger partial charge in [-0.3, -0.25) is 0 Å². The second kappa shape index (κ2) is 7.22. The zero-order valence-electron chi connectivity index (χ0n) is 11.3. The molecule has 0 spiro atoms. The van der Waals surface area contributed by atoms with Crippen LogP contribution in [0.5, 0.6) is 0 Å². The van der Waals surface area contributed by atoms with Crippen LogP contribution in [0.4, 0.5) is 0 Å². The van der Waals surface area contributed by atoms with Crippen molar-refractivity contribution in [3.05, 3.63) is 0 Å². The van der Waals surface area contributed by atoms with Crippen molar-refractivity contribution in [3.63, 3.8) is 0 Å². The van der Waals surface area contributed by atoms with Gasteiger partial charge in [-0.15, -0.1) is 0 Å². The average molecular weight is 233 g/mol. The molecule has 0 saturated heterocycles. The fourth-order valence-corrected chi connectivity index (χ4v) is 1.20. The highest BCUT2D eigenvalue weighted by molar-refractivity contribution is 4.75. The van der Waals surface area contributed by atoms with Gasteiger partial charge >= 0.3 is 0 Å². The third-order valence-corrected chi connectivity index (χ3v) is 2.16. The summed E-state index contributed by atoms with van der Waals surface area (Å²) in [6.07, 6.45) is 0.636. The highest BCUT2D eigenvalue weighted by atomic mass is 16.5. The third-order valence-electron chi connectivity index (χ3n) is 2.16. The predicted octanol–water partition coefficient (Wildman–Crippen LogP) is 1.18. The molecule has 0 aliphatic carbocycles. The van der Waals surface area contributed by atoms with Gasteiger partial charge in [-0.05, 0) is 27.7 Å². The first-order valence-electron chi connectivity index (χ1n) is 5.83. The number of hydrogen-bond acceptors (Lipinski definition) is 4. The van der Waals surface area contributed by atoms with Gasteiger partial charge < -0.3 is 19.9 Å². The zero-order valence-corrected chi connectivity index (χ0v) is 11.3. The van der Waals surface area contributed by atoms with E-state index in [2.05, 4.69) is 5.32 Å². The lowest BCUT2D eigenvalue weighted by molar-refractivity contribution is -0.00641. The Hall–Kier alpha value is -0.160. The Bertz CT molecular complexity index is 176. The molecular formula is C12H27NO3. The first-order chi connectivity index (χ1) is 7.27. The van der Waals surface area contributed by atoms with Gasteiger partial charge in [-0.1, -0.05) is 0 Å². The number of ether oxygens (including phenoxy) is 2. The maximum Gasteiger partial charge on any atom is 0.0765 e. The van der Waals surface area contributed by atoms with Crippen LogP contribution in [0.15, 0.2) is 0 Å². The molecule has 0 amide bonds. The summed E-state index contributed by atoms with van der Waals surface area (Å²) in [6.45, 7) is 10.4. The highest BCUT2D eigenvalue weighted by Crippen LogP contribution is 2.08. The summed E-state index contributed by atoms with van der Waals surface area (Å²) in [5.41, 5.74) is -0.808. The normalized spacial score (nSPS) is 16.1. The van der Waals surface area contributed by atoms with Crippen LogP contribution in [-0.4, -0.2) is 49.7 Å². The number of hydrogen-bond donors (Lipinski definition) is 2. The molecular weight excluding hydrogens is 206 g/mol. The Morgan fingerprint density at radius 2 is 1.75 bits per heavy atom. The smallest absolute Gasteiger partial charge is 0.0765 e. The molecule has 0 heterocycles. The molecule has 16 heavy (non-hydrogen) atoms. The van der Waals surface area contributed by atoms with Crippen LogP contribution in [0.2, 0.25) is 0 Å². The van der Waals surface area contributed by atoms with Gasteiger partial charge in [-0.25, -0.2) is 0 Å². The quantitative estimate of drug-likeness (QED) is 0.618. The Morgan fingerprint density at radius 3 is 2.25 bits per heavy atom. The van der Waals surface area contributed by atoms with Crippen molar-refractivity contribution < 1.29 is 14.6 Å². The molecule has 0 saturated carbocycles. The topological polar surface area (TPSA) is 50.7 Å². The van der Waals surface area contributed by atoms with E-state index < -0.39 is 5.60 Å². The van der Waals surface area contributed by atoms with E-state index in [9.17, 15) is 5.11 Å². The molecule has 0 aliphatic rings. The molecule has 2 N–H and O–H groups in total. The molecule has 0 aromatic carbocycles. The van der Waals surface area contributed by atoms with E-state index in [0.29, 0.717) is 26.2 Å². The molecule has 98 valence electrons. The van der Waals surface area contributed by atoms with Crippen molar-refractivity contribution in [1.29, 1.82) is 0 Å². The van der Waals surface area contributed by atoms with Gasteiger partial charge in [0.2, 0.25) is 0 Å². The molecule has 4 heteroatoms. The summed E-state index contributed by atoms with van der Waals surface area (Å²) in [5.74, 6) is 0. The molecule has 0 rings (SSSR count). The molecule has 0 aromatic rings. The number of nitrogens with one attached hydrogen (secondary N) is 1. The van der Waals surface area contributed by atoms with Crippen LogP contribution in [0.25, 0.3) is 0 Å². The summed E-state index contributed by atoms with van der Waals surface area (Å²) >= 11 is 0. The number of rotatable bonds is 8. The second-order valence-electron chi connectivity index (χ2n) is 5.38. The van der Waals surface area contributed by atoms with E-state index in [-0.39, 0.29) is 5.60 Å². The molecule has 0 bridgehead atoms. The maximum atomic E-state index is 9.92. The first-order valence-corrected chi connectivity index (χ1v) is 5.83. The Balaban J connectivity index is 3.50. The monoisotopic (exact) mass is 233 g/mol. The Kier molecular flexibility index (Phi) is 7.15. The molecule has 1 atom stereocenters. The zero-order chi connectivity index (χ0) is 12.7. The van der Waals surface area contributed by atoms with Crippen LogP contribution in [0.3, 0.4) is 0 Å². The van der Waals surface area contributed by atoms with Crippen LogP contribution in [0.1, 0.15) is 34.1 Å². The van der Waals surface area contributed by atoms with Crippen molar-refractivity contribution in [1.82, 2.24) is 5.32 Å². The minimum Gasteiger partial charge on any atom is -0.389 e. The van der Waals surface area contributed by atoms with Crippen molar-refractivity contribution >= 4 is 0 Å². The molecule has 0 fully saturated rings. The van der Waals surface area contributed by atoms with Crippen LogP contribution in [0, 0.1) is 0 Å². The highest BCUT2D eigenvalue weighted by Gasteiger charge is 2.19. The Labute approximate surface area is 99.3 Å². The van der Waals surface area contributed by atoms with Crippen molar-refractivity contribution in [2.75, 3.05) is 33.4 Å². The van der Waals surface area contributed by atoms with Crippen LogP contribution < -0.4 is 5.32 Å². The standard InChI is InChI=1S/C12H27NO3/c1-11(2,3)16-9-7-13-10-12(4,14)6-8-15-5/h13-14H,6-10H2,1-5H3. The second-order valence-corrected chi connectivity index (χ2v) is 5.38. The van der Waals surface area contributed by atoms with Crippen molar-refractivity contribution in [3.8, 4) is 0 Å². The Morgan fingerprint density at radius 1 is 1.12 bits per heavy atom. The lowest BCUT2D eigenvalue weighted by atomic mass is 10.0. The summed E-state index contributed by atoms with van der Waals surface area (Å²) in [7, 11) is 1.64. The van der Waals surface area contributed by atoms with E-state index in [1.807, 2.05) is 27.7 Å². The summed E-state index contributed by atoms with van der Waals surface area (Å²) in [5, 5.41) is 13.1. The SMILES string of the molecule is COCCC(C)(O)CNCCOC(C)(C)C. The van der Waals surface area contributed by atoms with Crippen molar-refractivity contribution in [2.45, 2.75) is 45.3 Å². The molecule has 0 aliphatic heterocycles. The molecule has 1 unspecified atom stereocenters. The number of aliphatic hydroxyl groups is 1. The van der Waals surface area contributed by atoms with E-state index in [4.69, 9.17) is 9.47 Å². The fraction of sp³-hybridized carbons (Fsp3) is 1.00. The third kappa shape index (κ3) is 10.4. The number of methoxy groups -OCH3 is 1. The van der Waals surface area contributed by atoms with Gasteiger partial charge in [0.25, 0.3) is 0 Å². The largest absolute Gasteiger partial charge is 0.389 e. The van der Waals surface area contributed by atoms with E-state index >= 15 is 0 Å². The average Bonchev–Trinajstić information content (AvgIpc) is 2.12. The van der Waals surface area contributed by atoms with Gasteiger partial charge in [0.15, 0.2) is 0 Å². The van der Waals surface area contributed by atoms with Crippen molar-refractivity contribution in [2.24, 2.45) is 0 Å². The lowest BCUT2D eigenvalue weighted by Gasteiger charge is -2.24. The van der Waals surface area contributed by atoms with Crippen LogP contribution in [-0.2, 0) is 9.47 Å². The summed E-state index contributed by atoms with van der Waals surface area (Å²) < 4.78 is 10.5. The minimum absolute atomic E-state index is 0.0970. The fourth-order valence-electron chi connectivity index (χ4n) is 1.20. The molecule has 0 aromatic heterocycles. The van der Waals surface area contributed by atoms with Gasteiger partial charge in [0, 0.05) is 33.2 Å². The first kappa shape index (κ1) is 15.8. The molecule has 4 nitrogen and oxygen atoms in total. The van der Waals surface area contributed by atoms with Gasteiger partial charge in [0.1, 0.15) is 0 Å². The van der Waals surface area contributed by atoms with Gasteiger partial charge in [0.05, 0.1) is 17.8 Å². The van der Waals surface area contributed by atoms with E-state index in [1.165, 1.54) is 0 Å².